The van der Waals surface area contributed by atoms with Gasteiger partial charge in [-0.15, -0.1) is 0 Å². The first kappa shape index (κ1) is 15.4. The van der Waals surface area contributed by atoms with Crippen molar-refractivity contribution in [2.24, 2.45) is 0 Å². The van der Waals surface area contributed by atoms with Crippen LogP contribution < -0.4 is 5.32 Å². The molecule has 0 bridgehead atoms. The van der Waals surface area contributed by atoms with Gasteiger partial charge in [0.25, 0.3) is 0 Å². The SMILES string of the molecule is CCSC1CCCC1NCc1ccn(C2CCCCC2)n1. The predicted octanol–water partition coefficient (Wildman–Crippen LogP) is 4.15. The molecule has 2 unspecified atom stereocenters. The van der Waals surface area contributed by atoms with Gasteiger partial charge in [0, 0.05) is 24.0 Å². The van der Waals surface area contributed by atoms with Crippen LogP contribution in [0.15, 0.2) is 12.3 Å². The van der Waals surface area contributed by atoms with Crippen LogP contribution in [0.25, 0.3) is 0 Å². The lowest BCUT2D eigenvalue weighted by Crippen LogP contribution is -2.33. The molecular weight excluding hydrogens is 278 g/mol. The average molecular weight is 308 g/mol. The van der Waals surface area contributed by atoms with Gasteiger partial charge in [0.2, 0.25) is 0 Å². The van der Waals surface area contributed by atoms with Crippen molar-refractivity contribution in [3.8, 4) is 0 Å². The molecule has 0 radical (unpaired) electrons. The fraction of sp³-hybridized carbons (Fsp3) is 0.824. The number of hydrogen-bond donors (Lipinski definition) is 1. The van der Waals surface area contributed by atoms with Crippen LogP contribution in [0.2, 0.25) is 0 Å². The summed E-state index contributed by atoms with van der Waals surface area (Å²) in [6, 6.07) is 3.55. The van der Waals surface area contributed by atoms with Crippen LogP contribution in [0.1, 0.15) is 70.0 Å². The molecule has 1 aromatic rings. The van der Waals surface area contributed by atoms with Gasteiger partial charge < -0.3 is 5.32 Å². The Hall–Kier alpha value is -0.480. The molecule has 0 aromatic carbocycles. The molecule has 1 aromatic heterocycles. The Kier molecular flexibility index (Phi) is 5.64. The minimum Gasteiger partial charge on any atom is -0.307 e. The van der Waals surface area contributed by atoms with Gasteiger partial charge in [0.15, 0.2) is 0 Å². The number of nitrogens with zero attached hydrogens (tertiary/aromatic N) is 2. The lowest BCUT2D eigenvalue weighted by molar-refractivity contribution is 0.327. The second kappa shape index (κ2) is 7.68. The maximum atomic E-state index is 4.81. The van der Waals surface area contributed by atoms with E-state index in [0.29, 0.717) is 12.1 Å². The molecule has 2 aliphatic carbocycles. The standard InChI is InChI=1S/C17H29N3S/c1-2-21-17-10-6-9-16(17)18-13-14-11-12-20(19-14)15-7-4-3-5-8-15/h11-12,15-18H,2-10,13H2,1H3. The molecule has 3 rings (SSSR count). The van der Waals surface area contributed by atoms with E-state index in [0.717, 1.165) is 11.8 Å². The molecule has 2 saturated carbocycles. The molecule has 2 fully saturated rings. The number of nitrogens with one attached hydrogen (secondary N) is 1. The molecule has 1 N–H and O–H groups in total. The molecule has 0 saturated heterocycles. The summed E-state index contributed by atoms with van der Waals surface area (Å²) in [5.74, 6) is 1.24. The summed E-state index contributed by atoms with van der Waals surface area (Å²) in [6.45, 7) is 3.21. The third kappa shape index (κ3) is 4.04. The molecule has 2 atom stereocenters. The van der Waals surface area contributed by atoms with Crippen molar-refractivity contribution in [2.45, 2.75) is 82.2 Å². The fourth-order valence-electron chi connectivity index (χ4n) is 3.83. The topological polar surface area (TPSA) is 29.9 Å². The number of rotatable bonds is 6. The van der Waals surface area contributed by atoms with E-state index in [1.165, 1.54) is 62.8 Å². The van der Waals surface area contributed by atoms with E-state index < -0.39 is 0 Å². The van der Waals surface area contributed by atoms with Crippen molar-refractivity contribution >= 4 is 11.8 Å². The van der Waals surface area contributed by atoms with Crippen molar-refractivity contribution in [1.29, 1.82) is 0 Å². The first-order valence-electron chi connectivity index (χ1n) is 8.76. The number of thioether (sulfide) groups is 1. The summed E-state index contributed by atoms with van der Waals surface area (Å²) in [4.78, 5) is 0. The quantitative estimate of drug-likeness (QED) is 0.856. The van der Waals surface area contributed by atoms with Gasteiger partial charge in [-0.1, -0.05) is 32.6 Å². The highest BCUT2D eigenvalue weighted by atomic mass is 32.2. The monoisotopic (exact) mass is 307 g/mol. The smallest absolute Gasteiger partial charge is 0.0762 e. The first-order chi connectivity index (χ1) is 10.4. The highest BCUT2D eigenvalue weighted by Gasteiger charge is 2.26. The Morgan fingerprint density at radius 1 is 1.19 bits per heavy atom. The van der Waals surface area contributed by atoms with Crippen molar-refractivity contribution < 1.29 is 0 Å². The van der Waals surface area contributed by atoms with E-state index in [9.17, 15) is 0 Å². The molecule has 118 valence electrons. The summed E-state index contributed by atoms with van der Waals surface area (Å²) in [5, 5.41) is 9.38. The van der Waals surface area contributed by atoms with Crippen LogP contribution in [0.3, 0.4) is 0 Å². The summed E-state index contributed by atoms with van der Waals surface area (Å²) in [7, 11) is 0. The van der Waals surface area contributed by atoms with Crippen molar-refractivity contribution in [3.05, 3.63) is 18.0 Å². The van der Waals surface area contributed by atoms with E-state index in [-0.39, 0.29) is 0 Å². The zero-order valence-corrected chi connectivity index (χ0v) is 14.1. The Labute approximate surface area is 133 Å². The van der Waals surface area contributed by atoms with Crippen molar-refractivity contribution in [2.75, 3.05) is 5.75 Å². The molecule has 0 amide bonds. The average Bonchev–Trinajstić information content (AvgIpc) is 3.16. The highest BCUT2D eigenvalue weighted by Crippen LogP contribution is 2.30. The van der Waals surface area contributed by atoms with Crippen LogP contribution in [0.5, 0.6) is 0 Å². The van der Waals surface area contributed by atoms with Gasteiger partial charge in [-0.3, -0.25) is 4.68 Å². The van der Waals surface area contributed by atoms with Gasteiger partial charge in [-0.25, -0.2) is 0 Å². The van der Waals surface area contributed by atoms with Crippen molar-refractivity contribution in [3.63, 3.8) is 0 Å². The van der Waals surface area contributed by atoms with Gasteiger partial charge in [-0.05, 0) is 37.5 Å². The molecule has 1 heterocycles. The van der Waals surface area contributed by atoms with Gasteiger partial charge in [-0.2, -0.15) is 16.9 Å². The third-order valence-corrected chi connectivity index (χ3v) is 6.32. The maximum Gasteiger partial charge on any atom is 0.0762 e. The number of hydrogen-bond acceptors (Lipinski definition) is 3. The largest absolute Gasteiger partial charge is 0.307 e. The summed E-state index contributed by atoms with van der Waals surface area (Å²) >= 11 is 2.12. The Morgan fingerprint density at radius 2 is 2.05 bits per heavy atom. The van der Waals surface area contributed by atoms with E-state index in [4.69, 9.17) is 5.10 Å². The predicted molar refractivity (Wildman–Crippen MR) is 90.7 cm³/mol. The minimum absolute atomic E-state index is 0.655. The Balaban J connectivity index is 1.50. The molecule has 4 heteroatoms. The molecule has 0 aliphatic heterocycles. The number of aromatic nitrogens is 2. The van der Waals surface area contributed by atoms with Crippen LogP contribution in [-0.4, -0.2) is 26.8 Å². The van der Waals surface area contributed by atoms with Crippen LogP contribution >= 0.6 is 11.8 Å². The van der Waals surface area contributed by atoms with Crippen LogP contribution in [-0.2, 0) is 6.54 Å². The van der Waals surface area contributed by atoms with Crippen LogP contribution in [0, 0.1) is 0 Å². The molecule has 0 spiro atoms. The summed E-state index contributed by atoms with van der Waals surface area (Å²) < 4.78 is 2.23. The lowest BCUT2D eigenvalue weighted by atomic mass is 9.96. The third-order valence-electron chi connectivity index (χ3n) is 4.99. The normalized spacial score (nSPS) is 27.3. The second-order valence-corrected chi connectivity index (χ2v) is 8.01. The second-order valence-electron chi connectivity index (χ2n) is 6.49. The van der Waals surface area contributed by atoms with E-state index >= 15 is 0 Å². The summed E-state index contributed by atoms with van der Waals surface area (Å²) in [6.07, 6.45) is 13.1. The first-order valence-corrected chi connectivity index (χ1v) is 9.80. The Morgan fingerprint density at radius 3 is 2.86 bits per heavy atom. The van der Waals surface area contributed by atoms with Crippen LogP contribution in [0.4, 0.5) is 0 Å². The summed E-state index contributed by atoms with van der Waals surface area (Å²) in [5.41, 5.74) is 1.22. The zero-order valence-electron chi connectivity index (χ0n) is 13.3. The van der Waals surface area contributed by atoms with Gasteiger partial charge >= 0.3 is 0 Å². The van der Waals surface area contributed by atoms with Crippen molar-refractivity contribution in [1.82, 2.24) is 15.1 Å². The van der Waals surface area contributed by atoms with E-state index in [2.05, 4.69) is 40.9 Å². The molecule has 3 nitrogen and oxygen atoms in total. The van der Waals surface area contributed by atoms with E-state index in [1.807, 2.05) is 0 Å². The van der Waals surface area contributed by atoms with E-state index in [1.54, 1.807) is 0 Å². The minimum atomic E-state index is 0.655. The fourth-order valence-corrected chi connectivity index (χ4v) is 5.06. The molecule has 2 aliphatic rings. The molecule has 21 heavy (non-hydrogen) atoms. The zero-order chi connectivity index (χ0) is 14.5. The Bertz CT molecular complexity index is 425. The lowest BCUT2D eigenvalue weighted by Gasteiger charge is -2.22. The highest BCUT2D eigenvalue weighted by molar-refractivity contribution is 7.99. The maximum absolute atomic E-state index is 4.81. The molecular formula is C17H29N3S. The van der Waals surface area contributed by atoms with Gasteiger partial charge in [0.1, 0.15) is 0 Å². The van der Waals surface area contributed by atoms with Gasteiger partial charge in [0.05, 0.1) is 11.7 Å².